The van der Waals surface area contributed by atoms with Crippen molar-refractivity contribution in [2.24, 2.45) is 11.8 Å². The first-order valence-corrected chi connectivity index (χ1v) is 11.1. The number of fused-ring (bicyclic) bond motifs is 1. The van der Waals surface area contributed by atoms with Crippen LogP contribution in [0.4, 0.5) is 17.1 Å². The van der Waals surface area contributed by atoms with Gasteiger partial charge in [0.25, 0.3) is 5.91 Å². The number of carbonyl (C=O) groups is 3. The quantitative estimate of drug-likeness (QED) is 0.682. The van der Waals surface area contributed by atoms with Crippen LogP contribution in [0.3, 0.4) is 0 Å². The second-order valence-corrected chi connectivity index (χ2v) is 8.03. The van der Waals surface area contributed by atoms with Crippen molar-refractivity contribution in [2.75, 3.05) is 28.3 Å². The first-order chi connectivity index (χ1) is 15.5. The molecule has 32 heavy (non-hydrogen) atoms. The van der Waals surface area contributed by atoms with E-state index < -0.39 is 0 Å². The van der Waals surface area contributed by atoms with E-state index in [1.54, 1.807) is 24.3 Å². The van der Waals surface area contributed by atoms with Crippen LogP contribution in [0.2, 0.25) is 0 Å². The van der Waals surface area contributed by atoms with Crippen LogP contribution in [-0.2, 0) is 9.59 Å². The molecule has 1 aliphatic carbocycles. The normalized spacial score (nSPS) is 19.9. The summed E-state index contributed by atoms with van der Waals surface area (Å²) in [5.74, 6) is -1.28. The highest BCUT2D eigenvalue weighted by molar-refractivity contribution is 6.07. The van der Waals surface area contributed by atoms with Crippen molar-refractivity contribution in [3.05, 3.63) is 66.2 Å². The number of benzene rings is 2. The number of nitrogens with one attached hydrogen (secondary N) is 2. The molecule has 1 heterocycles. The van der Waals surface area contributed by atoms with E-state index in [-0.39, 0.29) is 29.6 Å². The Balaban J connectivity index is 1.49. The SMILES string of the molecule is CCN(CC)c1ccc(NC(=O)c2cccc(N3NC(=O)C4CC=CCC4C3=O)c2)cc1. The summed E-state index contributed by atoms with van der Waals surface area (Å²) in [4.78, 5) is 40.6. The van der Waals surface area contributed by atoms with Crippen LogP contribution in [0.5, 0.6) is 0 Å². The van der Waals surface area contributed by atoms with Crippen LogP contribution < -0.4 is 20.7 Å². The van der Waals surface area contributed by atoms with Crippen LogP contribution in [0, 0.1) is 11.8 Å². The number of carbonyl (C=O) groups excluding carboxylic acids is 3. The van der Waals surface area contributed by atoms with E-state index >= 15 is 0 Å². The Labute approximate surface area is 188 Å². The lowest BCUT2D eigenvalue weighted by molar-refractivity contribution is -0.139. The van der Waals surface area contributed by atoms with Crippen molar-refractivity contribution in [3.63, 3.8) is 0 Å². The van der Waals surface area contributed by atoms with E-state index in [0.717, 1.165) is 18.8 Å². The van der Waals surface area contributed by atoms with Gasteiger partial charge in [-0.15, -0.1) is 0 Å². The van der Waals surface area contributed by atoms with Crippen molar-refractivity contribution in [3.8, 4) is 0 Å². The predicted octanol–water partition coefficient (Wildman–Crippen LogP) is 3.75. The number of nitrogens with zero attached hydrogens (tertiary/aromatic N) is 2. The molecule has 2 atom stereocenters. The third-order valence-corrected chi connectivity index (χ3v) is 6.15. The Hall–Kier alpha value is -3.61. The largest absolute Gasteiger partial charge is 0.372 e. The first-order valence-electron chi connectivity index (χ1n) is 11.1. The van der Waals surface area contributed by atoms with Crippen LogP contribution in [0.1, 0.15) is 37.0 Å². The molecule has 7 heteroatoms. The third-order valence-electron chi connectivity index (χ3n) is 6.15. The molecule has 3 amide bonds. The van der Waals surface area contributed by atoms with Gasteiger partial charge in [0.1, 0.15) is 0 Å². The second kappa shape index (κ2) is 9.26. The molecule has 0 spiro atoms. The zero-order valence-corrected chi connectivity index (χ0v) is 18.4. The fourth-order valence-corrected chi connectivity index (χ4v) is 4.32. The van der Waals surface area contributed by atoms with Gasteiger partial charge in [0, 0.05) is 30.0 Å². The Kier molecular flexibility index (Phi) is 6.25. The lowest BCUT2D eigenvalue weighted by Gasteiger charge is -2.38. The van der Waals surface area contributed by atoms with Gasteiger partial charge in [-0.25, -0.2) is 5.01 Å². The smallest absolute Gasteiger partial charge is 0.255 e. The van der Waals surface area contributed by atoms with Gasteiger partial charge < -0.3 is 10.2 Å². The molecule has 7 nitrogen and oxygen atoms in total. The highest BCUT2D eigenvalue weighted by Gasteiger charge is 2.42. The van der Waals surface area contributed by atoms with Gasteiger partial charge in [0.15, 0.2) is 0 Å². The topological polar surface area (TPSA) is 81.8 Å². The summed E-state index contributed by atoms with van der Waals surface area (Å²) in [6.45, 7) is 6.04. The lowest BCUT2D eigenvalue weighted by Crippen LogP contribution is -2.59. The van der Waals surface area contributed by atoms with E-state index in [9.17, 15) is 14.4 Å². The van der Waals surface area contributed by atoms with Gasteiger partial charge >= 0.3 is 0 Å². The molecule has 2 aromatic carbocycles. The van der Waals surface area contributed by atoms with Crippen LogP contribution in [0.25, 0.3) is 0 Å². The number of rotatable bonds is 6. The molecule has 2 aromatic rings. The molecule has 1 fully saturated rings. The van der Waals surface area contributed by atoms with Crippen LogP contribution >= 0.6 is 0 Å². The highest BCUT2D eigenvalue weighted by atomic mass is 16.2. The number of hydrogen-bond donors (Lipinski definition) is 2. The lowest BCUT2D eigenvalue weighted by atomic mass is 9.80. The minimum absolute atomic E-state index is 0.150. The zero-order chi connectivity index (χ0) is 22.7. The Morgan fingerprint density at radius 2 is 1.72 bits per heavy atom. The monoisotopic (exact) mass is 432 g/mol. The minimum atomic E-state index is -0.365. The number of anilines is 3. The third kappa shape index (κ3) is 4.23. The summed E-state index contributed by atoms with van der Waals surface area (Å²) in [6, 6.07) is 14.4. The summed E-state index contributed by atoms with van der Waals surface area (Å²) in [7, 11) is 0. The Morgan fingerprint density at radius 1 is 1.03 bits per heavy atom. The standard InChI is InChI=1S/C25H28N4O3/c1-3-28(4-2)19-14-12-18(13-15-19)26-23(30)17-8-7-9-20(16-17)29-25(32)22-11-6-5-10-21(22)24(31)27-29/h5-9,12-16,21-22H,3-4,10-11H2,1-2H3,(H,26,30)(H,27,31). The molecule has 4 rings (SSSR count). The summed E-state index contributed by atoms with van der Waals surface area (Å²) in [6.07, 6.45) is 5.02. The molecule has 2 N–H and O–H groups in total. The highest BCUT2D eigenvalue weighted by Crippen LogP contribution is 2.32. The average molecular weight is 433 g/mol. The Morgan fingerprint density at radius 3 is 2.41 bits per heavy atom. The zero-order valence-electron chi connectivity index (χ0n) is 18.4. The molecule has 1 aliphatic heterocycles. The summed E-state index contributed by atoms with van der Waals surface area (Å²) in [5.41, 5.74) is 5.37. The summed E-state index contributed by atoms with van der Waals surface area (Å²) < 4.78 is 0. The molecule has 0 radical (unpaired) electrons. The van der Waals surface area contributed by atoms with Crippen LogP contribution in [-0.4, -0.2) is 30.8 Å². The van der Waals surface area contributed by atoms with Gasteiger partial charge in [-0.05, 0) is 69.2 Å². The van der Waals surface area contributed by atoms with Crippen molar-refractivity contribution >= 4 is 34.8 Å². The number of amides is 3. The molecule has 0 saturated carbocycles. The van der Waals surface area contributed by atoms with Gasteiger partial charge in [-0.3, -0.25) is 19.8 Å². The van der Waals surface area contributed by atoms with Crippen LogP contribution in [0.15, 0.2) is 60.7 Å². The fourth-order valence-electron chi connectivity index (χ4n) is 4.32. The minimum Gasteiger partial charge on any atom is -0.372 e. The molecular formula is C25H28N4O3. The molecule has 2 aliphatic rings. The number of hydrogen-bond acceptors (Lipinski definition) is 4. The first kappa shape index (κ1) is 21.6. The van der Waals surface area contributed by atoms with Crippen molar-refractivity contribution < 1.29 is 14.4 Å². The maximum absolute atomic E-state index is 13.0. The van der Waals surface area contributed by atoms with Gasteiger partial charge in [0.2, 0.25) is 11.8 Å². The van der Waals surface area contributed by atoms with Gasteiger partial charge in [-0.2, -0.15) is 0 Å². The maximum atomic E-state index is 13.0. The van der Waals surface area contributed by atoms with E-state index in [4.69, 9.17) is 0 Å². The van der Waals surface area contributed by atoms with Crippen molar-refractivity contribution in [1.82, 2.24) is 5.43 Å². The molecule has 1 saturated heterocycles. The molecule has 166 valence electrons. The second-order valence-electron chi connectivity index (χ2n) is 8.03. The predicted molar refractivity (Wildman–Crippen MR) is 125 cm³/mol. The molecule has 0 aromatic heterocycles. The Bertz CT molecular complexity index is 1040. The van der Waals surface area contributed by atoms with Crippen molar-refractivity contribution in [2.45, 2.75) is 26.7 Å². The molecular weight excluding hydrogens is 404 g/mol. The summed E-state index contributed by atoms with van der Waals surface area (Å²) >= 11 is 0. The molecule has 0 bridgehead atoms. The average Bonchev–Trinajstić information content (AvgIpc) is 2.83. The maximum Gasteiger partial charge on any atom is 0.255 e. The van der Waals surface area contributed by atoms with Gasteiger partial charge in [-0.1, -0.05) is 18.2 Å². The van der Waals surface area contributed by atoms with E-state index in [0.29, 0.717) is 29.8 Å². The number of allylic oxidation sites excluding steroid dienone is 2. The van der Waals surface area contributed by atoms with Gasteiger partial charge in [0.05, 0.1) is 17.5 Å². The van der Waals surface area contributed by atoms with Crippen molar-refractivity contribution in [1.29, 1.82) is 0 Å². The number of hydrazine groups is 1. The van der Waals surface area contributed by atoms with E-state index in [1.807, 2.05) is 36.4 Å². The molecule has 2 unspecified atom stereocenters. The van der Waals surface area contributed by atoms with E-state index in [2.05, 4.69) is 29.5 Å². The van der Waals surface area contributed by atoms with E-state index in [1.165, 1.54) is 5.01 Å². The summed E-state index contributed by atoms with van der Waals surface area (Å²) in [5, 5.41) is 4.17. The fraction of sp³-hybridized carbons (Fsp3) is 0.320.